The fourth-order valence-corrected chi connectivity index (χ4v) is 2.70. The van der Waals surface area contributed by atoms with E-state index in [9.17, 15) is 4.79 Å². The second kappa shape index (κ2) is 6.52. The molecule has 4 rings (SSSR count). The molecule has 6 heteroatoms. The number of carbonyl (C=O) groups is 1. The van der Waals surface area contributed by atoms with Crippen LogP contribution in [-0.2, 0) is 6.54 Å². The predicted molar refractivity (Wildman–Crippen MR) is 94.7 cm³/mol. The number of hydrogen-bond acceptors (Lipinski definition) is 4. The molecule has 0 unspecified atom stereocenters. The van der Waals surface area contributed by atoms with E-state index in [1.54, 1.807) is 37.1 Å². The number of carbonyl (C=O) groups excluding carboxylic acids is 1. The van der Waals surface area contributed by atoms with Gasteiger partial charge in [-0.05, 0) is 42.0 Å². The van der Waals surface area contributed by atoms with Gasteiger partial charge in [0, 0.05) is 36.3 Å². The number of H-pyrrole nitrogens is 1. The van der Waals surface area contributed by atoms with Gasteiger partial charge in [0.15, 0.2) is 0 Å². The molecule has 25 heavy (non-hydrogen) atoms. The summed E-state index contributed by atoms with van der Waals surface area (Å²) in [6.07, 6.45) is 6.83. The first kappa shape index (κ1) is 15.0. The van der Waals surface area contributed by atoms with Crippen LogP contribution in [0.1, 0.15) is 15.9 Å². The smallest absolute Gasteiger partial charge is 0.251 e. The van der Waals surface area contributed by atoms with E-state index in [1.165, 1.54) is 0 Å². The van der Waals surface area contributed by atoms with Crippen LogP contribution in [0.2, 0.25) is 0 Å². The third-order valence-corrected chi connectivity index (χ3v) is 3.95. The summed E-state index contributed by atoms with van der Waals surface area (Å²) < 4.78 is 0. The van der Waals surface area contributed by atoms with E-state index in [4.69, 9.17) is 0 Å². The van der Waals surface area contributed by atoms with Gasteiger partial charge in [-0.2, -0.15) is 0 Å². The van der Waals surface area contributed by atoms with Gasteiger partial charge in [-0.25, -0.2) is 4.98 Å². The van der Waals surface area contributed by atoms with E-state index in [2.05, 4.69) is 25.3 Å². The van der Waals surface area contributed by atoms with Crippen molar-refractivity contribution in [3.63, 3.8) is 0 Å². The summed E-state index contributed by atoms with van der Waals surface area (Å²) in [4.78, 5) is 28.2. The molecule has 0 radical (unpaired) electrons. The van der Waals surface area contributed by atoms with Crippen molar-refractivity contribution in [3.05, 3.63) is 78.5 Å². The van der Waals surface area contributed by atoms with Crippen molar-refractivity contribution in [2.75, 3.05) is 0 Å². The summed E-state index contributed by atoms with van der Waals surface area (Å²) in [5.74, 6) is -0.141. The highest BCUT2D eigenvalue weighted by atomic mass is 16.1. The monoisotopic (exact) mass is 329 g/mol. The molecule has 0 aliphatic carbocycles. The number of nitrogens with one attached hydrogen (secondary N) is 2. The number of rotatable bonds is 4. The third kappa shape index (κ3) is 3.10. The van der Waals surface area contributed by atoms with Crippen LogP contribution in [0, 0.1) is 0 Å². The number of hydrogen-bond donors (Lipinski definition) is 2. The first-order valence-electron chi connectivity index (χ1n) is 7.87. The first-order valence-corrected chi connectivity index (χ1v) is 7.87. The molecule has 0 atom stereocenters. The Hall–Kier alpha value is -3.54. The molecular formula is C19H15N5O. The minimum atomic E-state index is -0.141. The number of nitrogens with zero attached hydrogens (tertiary/aromatic N) is 3. The van der Waals surface area contributed by atoms with Crippen LogP contribution in [0.3, 0.4) is 0 Å². The Morgan fingerprint density at radius 1 is 1.08 bits per heavy atom. The van der Waals surface area contributed by atoms with E-state index in [0.29, 0.717) is 12.1 Å². The maximum atomic E-state index is 12.5. The summed E-state index contributed by atoms with van der Waals surface area (Å²) in [5, 5.41) is 2.95. The van der Waals surface area contributed by atoms with E-state index in [1.807, 2.05) is 30.3 Å². The highest BCUT2D eigenvalue weighted by Crippen LogP contribution is 2.20. The van der Waals surface area contributed by atoms with Crippen LogP contribution >= 0.6 is 0 Å². The Bertz CT molecular complexity index is 1030. The molecule has 6 nitrogen and oxygen atoms in total. The molecule has 4 aromatic rings. The van der Waals surface area contributed by atoms with Crippen molar-refractivity contribution >= 4 is 16.9 Å². The Morgan fingerprint density at radius 3 is 2.88 bits per heavy atom. The lowest BCUT2D eigenvalue weighted by molar-refractivity contribution is 0.0951. The molecule has 0 saturated carbocycles. The largest absolute Gasteiger partial charge is 0.348 e. The number of benzene rings is 1. The van der Waals surface area contributed by atoms with Gasteiger partial charge in [0.05, 0.1) is 23.1 Å². The van der Waals surface area contributed by atoms with E-state index in [-0.39, 0.29) is 5.91 Å². The molecule has 3 heterocycles. The molecule has 0 bridgehead atoms. The van der Waals surface area contributed by atoms with Crippen molar-refractivity contribution in [2.45, 2.75) is 6.54 Å². The van der Waals surface area contributed by atoms with Gasteiger partial charge in [-0.1, -0.05) is 6.07 Å². The molecular weight excluding hydrogens is 314 g/mol. The second-order valence-electron chi connectivity index (χ2n) is 5.57. The maximum absolute atomic E-state index is 12.5. The standard InChI is InChI=1S/C19H15N5O/c25-19(13-5-6-16-17(9-13)24-12-23-16)22-11-15-4-2-8-21-18(15)14-3-1-7-20-10-14/h1-10,12H,11H2,(H,22,25)(H,23,24). The number of aromatic amines is 1. The summed E-state index contributed by atoms with van der Waals surface area (Å²) in [6, 6.07) is 13.0. The second-order valence-corrected chi connectivity index (χ2v) is 5.57. The molecule has 0 saturated heterocycles. The fraction of sp³-hybridized carbons (Fsp3) is 0.0526. The third-order valence-electron chi connectivity index (χ3n) is 3.95. The zero-order chi connectivity index (χ0) is 17.1. The van der Waals surface area contributed by atoms with Gasteiger partial charge in [0.1, 0.15) is 0 Å². The normalized spacial score (nSPS) is 10.7. The summed E-state index contributed by atoms with van der Waals surface area (Å²) >= 11 is 0. The number of imidazole rings is 1. The van der Waals surface area contributed by atoms with Crippen LogP contribution in [0.15, 0.2) is 67.4 Å². The zero-order valence-corrected chi connectivity index (χ0v) is 13.3. The fourth-order valence-electron chi connectivity index (χ4n) is 2.70. The van der Waals surface area contributed by atoms with Crippen LogP contribution in [0.4, 0.5) is 0 Å². The molecule has 0 spiro atoms. The topological polar surface area (TPSA) is 83.6 Å². The number of pyridine rings is 2. The minimum Gasteiger partial charge on any atom is -0.348 e. The van der Waals surface area contributed by atoms with Crippen LogP contribution < -0.4 is 5.32 Å². The average Bonchev–Trinajstić information content (AvgIpc) is 3.15. The van der Waals surface area contributed by atoms with Crippen molar-refractivity contribution in [1.29, 1.82) is 0 Å². The van der Waals surface area contributed by atoms with Gasteiger partial charge < -0.3 is 10.3 Å². The molecule has 1 amide bonds. The van der Waals surface area contributed by atoms with Crippen LogP contribution in [-0.4, -0.2) is 25.8 Å². The number of fused-ring (bicyclic) bond motifs is 1. The van der Waals surface area contributed by atoms with E-state index < -0.39 is 0 Å². The highest BCUT2D eigenvalue weighted by molar-refractivity contribution is 5.97. The van der Waals surface area contributed by atoms with Crippen molar-refractivity contribution in [2.24, 2.45) is 0 Å². The molecule has 1 aromatic carbocycles. The Morgan fingerprint density at radius 2 is 2.00 bits per heavy atom. The number of amides is 1. The summed E-state index contributed by atoms with van der Waals surface area (Å²) in [5.41, 5.74) is 4.94. The predicted octanol–water partition coefficient (Wildman–Crippen LogP) is 2.95. The Balaban J connectivity index is 1.54. The summed E-state index contributed by atoms with van der Waals surface area (Å²) in [6.45, 7) is 0.387. The van der Waals surface area contributed by atoms with Crippen LogP contribution in [0.25, 0.3) is 22.3 Å². The van der Waals surface area contributed by atoms with Crippen LogP contribution in [0.5, 0.6) is 0 Å². The maximum Gasteiger partial charge on any atom is 0.251 e. The molecule has 3 aromatic heterocycles. The summed E-state index contributed by atoms with van der Waals surface area (Å²) in [7, 11) is 0. The lowest BCUT2D eigenvalue weighted by Crippen LogP contribution is -2.23. The number of aromatic nitrogens is 4. The van der Waals surface area contributed by atoms with Gasteiger partial charge in [0.2, 0.25) is 0 Å². The van der Waals surface area contributed by atoms with Crippen molar-refractivity contribution in [1.82, 2.24) is 25.3 Å². The van der Waals surface area contributed by atoms with Gasteiger partial charge in [0.25, 0.3) is 5.91 Å². The molecule has 0 aliphatic heterocycles. The molecule has 2 N–H and O–H groups in total. The minimum absolute atomic E-state index is 0.141. The average molecular weight is 329 g/mol. The Labute approximate surface area is 144 Å². The lowest BCUT2D eigenvalue weighted by Gasteiger charge is -2.10. The lowest BCUT2D eigenvalue weighted by atomic mass is 10.1. The molecule has 0 fully saturated rings. The zero-order valence-electron chi connectivity index (χ0n) is 13.3. The van der Waals surface area contributed by atoms with Gasteiger partial charge in [-0.3, -0.25) is 14.8 Å². The SMILES string of the molecule is O=C(NCc1cccnc1-c1cccnc1)c1ccc2nc[nH]c2c1. The first-order chi connectivity index (χ1) is 12.3. The van der Waals surface area contributed by atoms with Crippen molar-refractivity contribution in [3.8, 4) is 11.3 Å². The van der Waals surface area contributed by atoms with Crippen molar-refractivity contribution < 1.29 is 4.79 Å². The van der Waals surface area contributed by atoms with Gasteiger partial charge in [-0.15, -0.1) is 0 Å². The van der Waals surface area contributed by atoms with E-state index >= 15 is 0 Å². The highest BCUT2D eigenvalue weighted by Gasteiger charge is 2.10. The quantitative estimate of drug-likeness (QED) is 0.603. The van der Waals surface area contributed by atoms with E-state index in [0.717, 1.165) is 27.9 Å². The molecule has 0 aliphatic rings. The molecule has 122 valence electrons. The Kier molecular flexibility index (Phi) is 3.92. The van der Waals surface area contributed by atoms with Gasteiger partial charge >= 0.3 is 0 Å².